The summed E-state index contributed by atoms with van der Waals surface area (Å²) in [5, 5.41) is 9.86. The Morgan fingerprint density at radius 1 is 1.03 bits per heavy atom. The van der Waals surface area contributed by atoms with Gasteiger partial charge in [0.05, 0.1) is 12.5 Å². The van der Waals surface area contributed by atoms with Crippen molar-refractivity contribution in [3.05, 3.63) is 88.6 Å². The van der Waals surface area contributed by atoms with Crippen LogP contribution in [-0.2, 0) is 6.61 Å². The molecule has 0 saturated heterocycles. The quantitative estimate of drug-likeness (QED) is 0.567. The second-order valence-corrected chi connectivity index (χ2v) is 7.73. The van der Waals surface area contributed by atoms with Gasteiger partial charge in [0.1, 0.15) is 29.8 Å². The summed E-state index contributed by atoms with van der Waals surface area (Å²) in [5.74, 6) is 1.84. The van der Waals surface area contributed by atoms with Crippen molar-refractivity contribution in [2.75, 3.05) is 13.4 Å². The lowest BCUT2D eigenvalue weighted by Crippen LogP contribution is -2.21. The van der Waals surface area contributed by atoms with Crippen LogP contribution in [0.15, 0.2) is 66.1 Å². The van der Waals surface area contributed by atoms with Gasteiger partial charge in [0.25, 0.3) is 0 Å². The molecule has 3 aromatic rings. The minimum absolute atomic E-state index is 0.0308. The standard InChI is InChI=1S/C26H21FN2O5/c1-2-30-22-9-16(6-7-20(22)31-13-15-4-3-5-17(27)8-15)25-18-10-23-24(33-14-32-23)11-21(18)34-26(29)19(25)12-28/h3-11,25H,2,13-14,29H2,1H3. The van der Waals surface area contributed by atoms with Crippen LogP contribution in [0.25, 0.3) is 0 Å². The molecular weight excluding hydrogens is 439 g/mol. The highest BCUT2D eigenvalue weighted by Gasteiger charge is 2.33. The Hall–Kier alpha value is -4.38. The molecule has 0 amide bonds. The number of nitrogens with zero attached hydrogens (tertiary/aromatic N) is 1. The number of nitrogens with two attached hydrogens (primary N) is 1. The van der Waals surface area contributed by atoms with Crippen LogP contribution in [0.5, 0.6) is 28.7 Å². The van der Waals surface area contributed by atoms with Crippen molar-refractivity contribution in [2.24, 2.45) is 5.73 Å². The number of ether oxygens (including phenoxy) is 5. The first kappa shape index (κ1) is 21.5. The molecule has 3 aromatic carbocycles. The van der Waals surface area contributed by atoms with E-state index < -0.39 is 5.92 Å². The fraction of sp³-hybridized carbons (Fsp3) is 0.192. The molecular formula is C26H21FN2O5. The van der Waals surface area contributed by atoms with Gasteiger partial charge in [-0.15, -0.1) is 0 Å². The molecule has 1 atom stereocenters. The molecule has 172 valence electrons. The Kier molecular flexibility index (Phi) is 5.60. The van der Waals surface area contributed by atoms with Crippen molar-refractivity contribution < 1.29 is 28.1 Å². The van der Waals surface area contributed by atoms with E-state index in [-0.39, 0.29) is 30.7 Å². The molecule has 0 bridgehead atoms. The summed E-state index contributed by atoms with van der Waals surface area (Å²) in [6, 6.07) is 17.4. The summed E-state index contributed by atoms with van der Waals surface area (Å²) in [6.07, 6.45) is 0. The fourth-order valence-corrected chi connectivity index (χ4v) is 4.07. The Bertz CT molecular complexity index is 1330. The zero-order valence-electron chi connectivity index (χ0n) is 18.3. The van der Waals surface area contributed by atoms with Crippen molar-refractivity contribution in [2.45, 2.75) is 19.4 Å². The van der Waals surface area contributed by atoms with Crippen LogP contribution in [-0.4, -0.2) is 13.4 Å². The van der Waals surface area contributed by atoms with E-state index in [1.165, 1.54) is 12.1 Å². The summed E-state index contributed by atoms with van der Waals surface area (Å²) >= 11 is 0. The van der Waals surface area contributed by atoms with Crippen LogP contribution in [0.3, 0.4) is 0 Å². The average Bonchev–Trinajstić information content (AvgIpc) is 3.29. The Morgan fingerprint density at radius 3 is 2.62 bits per heavy atom. The third-order valence-electron chi connectivity index (χ3n) is 5.59. The first-order valence-corrected chi connectivity index (χ1v) is 10.7. The summed E-state index contributed by atoms with van der Waals surface area (Å²) in [4.78, 5) is 0. The van der Waals surface area contributed by atoms with Crippen molar-refractivity contribution in [3.63, 3.8) is 0 Å². The lowest BCUT2D eigenvalue weighted by Gasteiger charge is -2.27. The molecule has 5 rings (SSSR count). The largest absolute Gasteiger partial charge is 0.490 e. The maximum Gasteiger partial charge on any atom is 0.231 e. The normalized spacial score (nSPS) is 15.9. The van der Waals surface area contributed by atoms with E-state index in [2.05, 4.69) is 6.07 Å². The van der Waals surface area contributed by atoms with Gasteiger partial charge in [-0.3, -0.25) is 0 Å². The molecule has 0 saturated carbocycles. The van der Waals surface area contributed by atoms with Gasteiger partial charge in [0.15, 0.2) is 23.0 Å². The molecule has 7 nitrogen and oxygen atoms in total. The molecule has 0 aliphatic carbocycles. The molecule has 0 spiro atoms. The molecule has 2 aliphatic heterocycles. The van der Waals surface area contributed by atoms with Gasteiger partial charge in [0.2, 0.25) is 12.7 Å². The Balaban J connectivity index is 1.52. The molecule has 0 aromatic heterocycles. The zero-order valence-corrected chi connectivity index (χ0v) is 18.3. The maximum absolute atomic E-state index is 13.5. The number of fused-ring (bicyclic) bond motifs is 2. The lowest BCUT2D eigenvalue weighted by molar-refractivity contribution is 0.174. The highest BCUT2D eigenvalue weighted by molar-refractivity contribution is 5.62. The van der Waals surface area contributed by atoms with Crippen molar-refractivity contribution in [1.82, 2.24) is 0 Å². The Labute approximate surface area is 195 Å². The lowest BCUT2D eigenvalue weighted by atomic mass is 9.83. The van der Waals surface area contributed by atoms with E-state index in [4.69, 9.17) is 29.4 Å². The zero-order chi connectivity index (χ0) is 23.7. The van der Waals surface area contributed by atoms with Crippen LogP contribution in [0.4, 0.5) is 4.39 Å². The Morgan fingerprint density at radius 2 is 1.85 bits per heavy atom. The van der Waals surface area contributed by atoms with Crippen LogP contribution >= 0.6 is 0 Å². The van der Waals surface area contributed by atoms with Crippen molar-refractivity contribution in [3.8, 4) is 34.8 Å². The van der Waals surface area contributed by atoms with Gasteiger partial charge >= 0.3 is 0 Å². The first-order chi connectivity index (χ1) is 16.6. The van der Waals surface area contributed by atoms with E-state index in [1.807, 2.05) is 19.1 Å². The van der Waals surface area contributed by atoms with E-state index in [9.17, 15) is 9.65 Å². The monoisotopic (exact) mass is 460 g/mol. The van der Waals surface area contributed by atoms with Gasteiger partial charge in [-0.1, -0.05) is 18.2 Å². The minimum atomic E-state index is -0.500. The number of hydrogen-bond acceptors (Lipinski definition) is 7. The van der Waals surface area contributed by atoms with Gasteiger partial charge in [-0.25, -0.2) is 4.39 Å². The van der Waals surface area contributed by atoms with E-state index in [0.29, 0.717) is 40.9 Å². The van der Waals surface area contributed by atoms with Gasteiger partial charge < -0.3 is 29.4 Å². The first-order valence-electron chi connectivity index (χ1n) is 10.7. The van der Waals surface area contributed by atoms with Crippen LogP contribution in [0.1, 0.15) is 29.5 Å². The van der Waals surface area contributed by atoms with Crippen LogP contribution in [0, 0.1) is 17.1 Å². The number of nitriles is 1. The molecule has 8 heteroatoms. The molecule has 2 heterocycles. The molecule has 0 fully saturated rings. The van der Waals surface area contributed by atoms with Crippen molar-refractivity contribution in [1.29, 1.82) is 5.26 Å². The average molecular weight is 460 g/mol. The molecule has 2 aliphatic rings. The third-order valence-corrected chi connectivity index (χ3v) is 5.59. The van der Waals surface area contributed by atoms with E-state index in [0.717, 1.165) is 11.1 Å². The predicted octanol–water partition coefficient (Wildman–Crippen LogP) is 4.75. The topological polar surface area (TPSA) is 96.0 Å². The van der Waals surface area contributed by atoms with Gasteiger partial charge in [-0.2, -0.15) is 5.26 Å². The molecule has 34 heavy (non-hydrogen) atoms. The van der Waals surface area contributed by atoms with Crippen molar-refractivity contribution >= 4 is 0 Å². The number of rotatable bonds is 6. The summed E-state index contributed by atoms with van der Waals surface area (Å²) < 4.78 is 42.0. The minimum Gasteiger partial charge on any atom is -0.490 e. The van der Waals surface area contributed by atoms with Gasteiger partial charge in [0, 0.05) is 11.6 Å². The fourth-order valence-electron chi connectivity index (χ4n) is 4.07. The molecule has 0 radical (unpaired) electrons. The smallest absolute Gasteiger partial charge is 0.231 e. The third kappa shape index (κ3) is 3.92. The summed E-state index contributed by atoms with van der Waals surface area (Å²) in [5.41, 5.74) is 8.58. The number of hydrogen-bond donors (Lipinski definition) is 1. The molecule has 2 N–H and O–H groups in total. The summed E-state index contributed by atoms with van der Waals surface area (Å²) in [6.45, 7) is 2.57. The van der Waals surface area contributed by atoms with E-state index in [1.54, 1.807) is 30.3 Å². The number of halogens is 1. The second-order valence-electron chi connectivity index (χ2n) is 7.73. The SMILES string of the molecule is CCOc1cc(C2C(C#N)=C(N)Oc3cc4c(cc32)OCO4)ccc1OCc1cccc(F)c1. The number of benzene rings is 3. The highest BCUT2D eigenvalue weighted by Crippen LogP contribution is 2.48. The summed E-state index contributed by atoms with van der Waals surface area (Å²) in [7, 11) is 0. The van der Waals surface area contributed by atoms with Gasteiger partial charge in [-0.05, 0) is 48.4 Å². The van der Waals surface area contributed by atoms with E-state index >= 15 is 0 Å². The second kappa shape index (κ2) is 8.87. The number of allylic oxidation sites excluding steroid dienone is 1. The maximum atomic E-state index is 13.5. The highest BCUT2D eigenvalue weighted by atomic mass is 19.1. The molecule has 1 unspecified atom stereocenters. The van der Waals surface area contributed by atoms with Crippen LogP contribution in [0.2, 0.25) is 0 Å². The van der Waals surface area contributed by atoms with Crippen LogP contribution < -0.4 is 29.4 Å². The predicted molar refractivity (Wildman–Crippen MR) is 120 cm³/mol.